The van der Waals surface area contributed by atoms with Crippen molar-refractivity contribution in [2.75, 3.05) is 13.1 Å². The van der Waals surface area contributed by atoms with E-state index in [1.807, 2.05) is 35.1 Å². The minimum atomic E-state index is 0.595. The second-order valence-corrected chi connectivity index (χ2v) is 5.20. The van der Waals surface area contributed by atoms with Gasteiger partial charge in [-0.15, -0.1) is 0 Å². The third-order valence-electron chi connectivity index (χ3n) is 3.60. The highest BCUT2D eigenvalue weighted by atomic mass is 35.5. The molecular weight excluding hydrogens is 246 g/mol. The number of hydrogen-bond acceptors (Lipinski definition) is 2. The Labute approximate surface area is 112 Å². The quantitative estimate of drug-likeness (QED) is 0.901. The Morgan fingerprint density at radius 2 is 2.33 bits per heavy atom. The average molecular weight is 262 g/mol. The van der Waals surface area contributed by atoms with Crippen LogP contribution in [0.1, 0.15) is 23.6 Å². The van der Waals surface area contributed by atoms with Crippen molar-refractivity contribution in [1.82, 2.24) is 15.1 Å². The zero-order valence-corrected chi connectivity index (χ0v) is 11.1. The van der Waals surface area contributed by atoms with Crippen LogP contribution in [0.4, 0.5) is 0 Å². The molecule has 1 unspecified atom stereocenters. The number of nitrogens with one attached hydrogen (secondary N) is 1. The smallest absolute Gasteiger partial charge is 0.0663 e. The van der Waals surface area contributed by atoms with Crippen LogP contribution in [-0.4, -0.2) is 22.9 Å². The number of aromatic nitrogens is 2. The van der Waals surface area contributed by atoms with Gasteiger partial charge in [0, 0.05) is 23.2 Å². The van der Waals surface area contributed by atoms with Crippen molar-refractivity contribution < 1.29 is 0 Å². The normalized spacial score (nSPS) is 19.3. The van der Waals surface area contributed by atoms with Gasteiger partial charge in [-0.25, -0.2) is 4.68 Å². The van der Waals surface area contributed by atoms with E-state index < -0.39 is 0 Å². The van der Waals surface area contributed by atoms with Gasteiger partial charge in [0.15, 0.2) is 0 Å². The van der Waals surface area contributed by atoms with E-state index in [1.54, 1.807) is 0 Å². The molecule has 0 bridgehead atoms. The van der Waals surface area contributed by atoms with Gasteiger partial charge in [0.25, 0.3) is 0 Å². The van der Waals surface area contributed by atoms with E-state index in [9.17, 15) is 0 Å². The number of rotatable bonds is 2. The molecular formula is C14H16ClN3. The zero-order valence-electron chi connectivity index (χ0n) is 10.4. The van der Waals surface area contributed by atoms with Crippen LogP contribution in [0.2, 0.25) is 5.02 Å². The summed E-state index contributed by atoms with van der Waals surface area (Å²) in [7, 11) is 0. The third-order valence-corrected chi connectivity index (χ3v) is 3.84. The van der Waals surface area contributed by atoms with Gasteiger partial charge in [-0.3, -0.25) is 0 Å². The lowest BCUT2D eigenvalue weighted by molar-refractivity contribution is 0.752. The summed E-state index contributed by atoms with van der Waals surface area (Å²) in [6.07, 6.45) is 3.19. The molecule has 18 heavy (non-hydrogen) atoms. The first-order chi connectivity index (χ1) is 8.75. The molecule has 0 radical (unpaired) electrons. The van der Waals surface area contributed by atoms with E-state index in [-0.39, 0.29) is 0 Å². The van der Waals surface area contributed by atoms with Crippen LogP contribution >= 0.6 is 11.6 Å². The summed E-state index contributed by atoms with van der Waals surface area (Å²) in [4.78, 5) is 0. The van der Waals surface area contributed by atoms with Crippen molar-refractivity contribution in [3.8, 4) is 5.69 Å². The molecule has 2 heterocycles. The second kappa shape index (κ2) is 4.75. The van der Waals surface area contributed by atoms with Crippen LogP contribution in [-0.2, 0) is 0 Å². The lowest BCUT2D eigenvalue weighted by atomic mass is 9.99. The SMILES string of the molecule is Cc1c(C2CCNC2)cnn1-c1cccc(Cl)c1. The molecule has 1 aliphatic heterocycles. The van der Waals surface area contributed by atoms with Crippen LogP contribution < -0.4 is 5.32 Å². The van der Waals surface area contributed by atoms with Gasteiger partial charge < -0.3 is 5.32 Å². The van der Waals surface area contributed by atoms with Crippen molar-refractivity contribution >= 4 is 11.6 Å². The van der Waals surface area contributed by atoms with Gasteiger partial charge >= 0.3 is 0 Å². The minimum absolute atomic E-state index is 0.595. The highest BCUT2D eigenvalue weighted by molar-refractivity contribution is 6.30. The molecule has 0 saturated carbocycles. The molecule has 2 aromatic rings. The van der Waals surface area contributed by atoms with Gasteiger partial charge in [-0.2, -0.15) is 5.10 Å². The van der Waals surface area contributed by atoms with Gasteiger partial charge in [0.05, 0.1) is 11.9 Å². The topological polar surface area (TPSA) is 29.9 Å². The summed E-state index contributed by atoms with van der Waals surface area (Å²) in [6.45, 7) is 4.29. The maximum absolute atomic E-state index is 6.03. The molecule has 1 N–H and O–H groups in total. The fourth-order valence-electron chi connectivity index (χ4n) is 2.61. The van der Waals surface area contributed by atoms with E-state index >= 15 is 0 Å². The molecule has 0 amide bonds. The van der Waals surface area contributed by atoms with Crippen molar-refractivity contribution in [2.45, 2.75) is 19.3 Å². The van der Waals surface area contributed by atoms with Gasteiger partial charge in [0.1, 0.15) is 0 Å². The zero-order chi connectivity index (χ0) is 12.5. The predicted molar refractivity (Wildman–Crippen MR) is 73.5 cm³/mol. The Hall–Kier alpha value is -1.32. The highest BCUT2D eigenvalue weighted by Crippen LogP contribution is 2.27. The van der Waals surface area contributed by atoms with E-state index in [1.165, 1.54) is 17.7 Å². The van der Waals surface area contributed by atoms with Crippen LogP contribution in [0.15, 0.2) is 30.5 Å². The fourth-order valence-corrected chi connectivity index (χ4v) is 2.80. The molecule has 1 aliphatic rings. The van der Waals surface area contributed by atoms with Gasteiger partial charge in [-0.05, 0) is 43.7 Å². The van der Waals surface area contributed by atoms with Crippen LogP contribution in [0, 0.1) is 6.92 Å². The number of halogens is 1. The molecule has 94 valence electrons. The summed E-state index contributed by atoms with van der Waals surface area (Å²) in [5.74, 6) is 0.595. The first-order valence-corrected chi connectivity index (χ1v) is 6.64. The molecule has 1 atom stereocenters. The first-order valence-electron chi connectivity index (χ1n) is 6.27. The van der Waals surface area contributed by atoms with Gasteiger partial charge in [-0.1, -0.05) is 17.7 Å². The second-order valence-electron chi connectivity index (χ2n) is 4.77. The summed E-state index contributed by atoms with van der Waals surface area (Å²) >= 11 is 6.03. The Kier molecular flexibility index (Phi) is 3.10. The van der Waals surface area contributed by atoms with Crippen molar-refractivity contribution in [1.29, 1.82) is 0 Å². The highest BCUT2D eigenvalue weighted by Gasteiger charge is 2.21. The monoisotopic (exact) mass is 261 g/mol. The van der Waals surface area contributed by atoms with Gasteiger partial charge in [0.2, 0.25) is 0 Å². The molecule has 1 fully saturated rings. The summed E-state index contributed by atoms with van der Waals surface area (Å²) in [5.41, 5.74) is 3.59. The maximum Gasteiger partial charge on any atom is 0.0663 e. The molecule has 0 spiro atoms. The third kappa shape index (κ3) is 2.04. The molecule has 3 rings (SSSR count). The van der Waals surface area contributed by atoms with Crippen LogP contribution in [0.25, 0.3) is 5.69 Å². The summed E-state index contributed by atoms with van der Waals surface area (Å²) in [5, 5.41) is 8.64. The maximum atomic E-state index is 6.03. The van der Waals surface area contributed by atoms with E-state index in [0.29, 0.717) is 5.92 Å². The number of hydrogen-bond donors (Lipinski definition) is 1. The van der Waals surface area contributed by atoms with Crippen molar-refractivity contribution in [3.63, 3.8) is 0 Å². The molecule has 1 aromatic heterocycles. The summed E-state index contributed by atoms with van der Waals surface area (Å²) < 4.78 is 1.97. The standard InChI is InChI=1S/C14H16ClN3/c1-10-14(11-5-6-16-8-11)9-17-18(10)13-4-2-3-12(15)7-13/h2-4,7,9,11,16H,5-6,8H2,1H3. The number of nitrogens with zero attached hydrogens (tertiary/aromatic N) is 2. The molecule has 1 aromatic carbocycles. The Morgan fingerprint density at radius 1 is 1.44 bits per heavy atom. The molecule has 0 aliphatic carbocycles. The molecule has 3 nitrogen and oxygen atoms in total. The largest absolute Gasteiger partial charge is 0.316 e. The van der Waals surface area contributed by atoms with E-state index in [0.717, 1.165) is 23.8 Å². The average Bonchev–Trinajstić information content (AvgIpc) is 2.97. The predicted octanol–water partition coefficient (Wildman–Crippen LogP) is 2.91. The number of benzene rings is 1. The first kappa shape index (κ1) is 11.8. The lowest BCUT2D eigenvalue weighted by Gasteiger charge is -2.09. The molecule has 1 saturated heterocycles. The molecule has 4 heteroatoms. The van der Waals surface area contributed by atoms with Crippen LogP contribution in [0.5, 0.6) is 0 Å². The van der Waals surface area contributed by atoms with Crippen LogP contribution in [0.3, 0.4) is 0 Å². The van der Waals surface area contributed by atoms with E-state index in [4.69, 9.17) is 11.6 Å². The Balaban J connectivity index is 1.98. The minimum Gasteiger partial charge on any atom is -0.316 e. The Morgan fingerprint density at radius 3 is 3.06 bits per heavy atom. The van der Waals surface area contributed by atoms with Crippen molar-refractivity contribution in [3.05, 3.63) is 46.7 Å². The summed E-state index contributed by atoms with van der Waals surface area (Å²) in [6, 6.07) is 7.81. The van der Waals surface area contributed by atoms with Crippen molar-refractivity contribution in [2.24, 2.45) is 0 Å². The van der Waals surface area contributed by atoms with E-state index in [2.05, 4.69) is 17.3 Å². The lowest BCUT2D eigenvalue weighted by Crippen LogP contribution is -2.08. The Bertz CT molecular complexity index is 556. The fraction of sp³-hybridized carbons (Fsp3) is 0.357.